The highest BCUT2D eigenvalue weighted by atomic mass is 79.9. The molecule has 2 rings (SSSR count). The predicted molar refractivity (Wildman–Crippen MR) is 89.4 cm³/mol. The Morgan fingerprint density at radius 1 is 1.10 bits per heavy atom. The number of rotatable bonds is 4. The van der Waals surface area contributed by atoms with E-state index in [9.17, 15) is 4.39 Å². The molecule has 0 radical (unpaired) electrons. The van der Waals surface area contributed by atoms with Crippen molar-refractivity contribution in [2.45, 2.75) is 4.83 Å². The summed E-state index contributed by atoms with van der Waals surface area (Å²) >= 11 is 12.9. The summed E-state index contributed by atoms with van der Waals surface area (Å²) < 4.78 is 24.8. The molecule has 0 heterocycles. The van der Waals surface area contributed by atoms with Gasteiger partial charge in [0.2, 0.25) is 0 Å². The van der Waals surface area contributed by atoms with Crippen LogP contribution in [0.25, 0.3) is 0 Å². The summed E-state index contributed by atoms with van der Waals surface area (Å²) in [6, 6.07) is 8.29. The highest BCUT2D eigenvalue weighted by Gasteiger charge is 2.19. The van der Waals surface area contributed by atoms with Crippen molar-refractivity contribution in [1.82, 2.24) is 0 Å². The minimum atomic E-state index is -0.444. The molecular weight excluding hydrogens is 426 g/mol. The number of ether oxygens (including phenoxy) is 2. The second-order valence-corrected chi connectivity index (χ2v) is 6.44. The topological polar surface area (TPSA) is 18.5 Å². The van der Waals surface area contributed by atoms with Gasteiger partial charge < -0.3 is 9.47 Å². The molecule has 0 N–H and O–H groups in total. The fourth-order valence-corrected chi connectivity index (χ4v) is 3.25. The van der Waals surface area contributed by atoms with E-state index in [1.807, 2.05) is 12.1 Å². The number of hydrogen-bond acceptors (Lipinski definition) is 2. The summed E-state index contributed by atoms with van der Waals surface area (Å²) in [5, 5.41) is 0.0833. The van der Waals surface area contributed by atoms with Crippen LogP contribution in [-0.2, 0) is 0 Å². The zero-order chi connectivity index (χ0) is 15.6. The van der Waals surface area contributed by atoms with Crippen molar-refractivity contribution in [3.8, 4) is 11.5 Å². The first kappa shape index (κ1) is 16.6. The molecule has 1 atom stereocenters. The molecule has 0 aliphatic rings. The third-order valence-corrected chi connectivity index (χ3v) is 4.94. The minimum absolute atomic E-state index is 0.0833. The Balaban J connectivity index is 2.50. The molecule has 0 amide bonds. The Bertz CT molecular complexity index is 664. The van der Waals surface area contributed by atoms with E-state index in [1.54, 1.807) is 26.4 Å². The lowest BCUT2D eigenvalue weighted by atomic mass is 10.0. The Morgan fingerprint density at radius 3 is 2.33 bits per heavy atom. The van der Waals surface area contributed by atoms with Crippen LogP contribution in [0.4, 0.5) is 4.39 Å². The minimum Gasteiger partial charge on any atom is -0.496 e. The van der Waals surface area contributed by atoms with Gasteiger partial charge in [-0.15, -0.1) is 0 Å². The third-order valence-electron chi connectivity index (χ3n) is 3.01. The van der Waals surface area contributed by atoms with E-state index in [2.05, 4.69) is 31.9 Å². The lowest BCUT2D eigenvalue weighted by molar-refractivity contribution is 0.397. The Hall–Kier alpha value is -0.780. The maximum Gasteiger partial charge on any atom is 0.141 e. The summed E-state index contributed by atoms with van der Waals surface area (Å²) in [5.74, 6) is 0.925. The molecule has 1 unspecified atom stereocenters. The normalized spacial score (nSPS) is 12.1. The molecule has 2 aromatic rings. The number of hydrogen-bond donors (Lipinski definition) is 0. The van der Waals surface area contributed by atoms with E-state index in [4.69, 9.17) is 21.1 Å². The van der Waals surface area contributed by atoms with Crippen molar-refractivity contribution in [3.05, 3.63) is 56.8 Å². The average Bonchev–Trinajstić information content (AvgIpc) is 2.49. The van der Waals surface area contributed by atoms with Gasteiger partial charge in [0.1, 0.15) is 17.3 Å². The first-order valence-corrected chi connectivity index (χ1v) is 8.07. The molecule has 6 heteroatoms. The Morgan fingerprint density at radius 2 is 1.76 bits per heavy atom. The predicted octanol–water partition coefficient (Wildman–Crippen LogP) is 5.74. The quantitative estimate of drug-likeness (QED) is 0.567. The van der Waals surface area contributed by atoms with Gasteiger partial charge in [0.15, 0.2) is 0 Å². The van der Waals surface area contributed by atoms with Crippen LogP contribution in [0.15, 0.2) is 34.8 Å². The first-order valence-electron chi connectivity index (χ1n) is 5.98. The van der Waals surface area contributed by atoms with Gasteiger partial charge >= 0.3 is 0 Å². The summed E-state index contributed by atoms with van der Waals surface area (Å²) in [6.45, 7) is 0. The van der Waals surface area contributed by atoms with Crippen LogP contribution in [0.2, 0.25) is 5.02 Å². The Labute approximate surface area is 144 Å². The molecule has 0 aliphatic heterocycles. The fourth-order valence-electron chi connectivity index (χ4n) is 1.93. The maximum atomic E-state index is 13.3. The standard InChI is InChI=1S/C15H12Br2ClFO2/c1-20-13-7-10(16)14(21-2)6-9(13)15(17)8-3-4-12(19)11(18)5-8/h3-7,15H,1-2H3. The van der Waals surface area contributed by atoms with E-state index in [0.29, 0.717) is 11.5 Å². The van der Waals surface area contributed by atoms with Gasteiger partial charge in [0.25, 0.3) is 0 Å². The third kappa shape index (κ3) is 3.52. The van der Waals surface area contributed by atoms with Crippen LogP contribution in [0.1, 0.15) is 16.0 Å². The molecule has 0 saturated heterocycles. The van der Waals surface area contributed by atoms with Gasteiger partial charge in [-0.1, -0.05) is 33.6 Å². The van der Waals surface area contributed by atoms with Crippen LogP contribution < -0.4 is 9.47 Å². The van der Waals surface area contributed by atoms with Gasteiger partial charge in [-0.2, -0.15) is 0 Å². The molecule has 0 spiro atoms. The molecule has 21 heavy (non-hydrogen) atoms. The van der Waals surface area contributed by atoms with Crippen molar-refractivity contribution in [2.24, 2.45) is 0 Å². The van der Waals surface area contributed by atoms with Gasteiger partial charge in [-0.3, -0.25) is 0 Å². The maximum absolute atomic E-state index is 13.3. The highest BCUT2D eigenvalue weighted by molar-refractivity contribution is 9.10. The van der Waals surface area contributed by atoms with Crippen molar-refractivity contribution >= 4 is 43.5 Å². The summed E-state index contributed by atoms with van der Waals surface area (Å²) in [6.07, 6.45) is 0. The molecule has 2 nitrogen and oxygen atoms in total. The van der Waals surface area contributed by atoms with E-state index < -0.39 is 5.82 Å². The van der Waals surface area contributed by atoms with Crippen LogP contribution >= 0.6 is 43.5 Å². The van der Waals surface area contributed by atoms with Crippen molar-refractivity contribution in [3.63, 3.8) is 0 Å². The zero-order valence-electron chi connectivity index (χ0n) is 11.3. The van der Waals surface area contributed by atoms with Crippen molar-refractivity contribution < 1.29 is 13.9 Å². The second-order valence-electron chi connectivity index (χ2n) is 4.26. The number of benzene rings is 2. The number of halogens is 4. The monoisotopic (exact) mass is 436 g/mol. The van der Waals surface area contributed by atoms with Crippen LogP contribution in [-0.4, -0.2) is 14.2 Å². The summed E-state index contributed by atoms with van der Waals surface area (Å²) in [5.41, 5.74) is 1.68. The van der Waals surface area contributed by atoms with Crippen LogP contribution in [0.3, 0.4) is 0 Å². The Kier molecular flexibility index (Phi) is 5.52. The largest absolute Gasteiger partial charge is 0.496 e. The highest BCUT2D eigenvalue weighted by Crippen LogP contribution is 2.42. The SMILES string of the molecule is COc1cc(C(Br)c2ccc(F)c(Cl)c2)c(OC)cc1Br. The summed E-state index contributed by atoms with van der Waals surface area (Å²) in [4.78, 5) is -0.201. The number of alkyl halides is 1. The molecule has 0 fully saturated rings. The molecule has 2 aromatic carbocycles. The van der Waals surface area contributed by atoms with Gasteiger partial charge in [-0.05, 0) is 45.8 Å². The smallest absolute Gasteiger partial charge is 0.141 e. The van der Waals surface area contributed by atoms with Crippen LogP contribution in [0.5, 0.6) is 11.5 Å². The lowest BCUT2D eigenvalue weighted by Gasteiger charge is -2.17. The van der Waals surface area contributed by atoms with Crippen molar-refractivity contribution in [1.29, 1.82) is 0 Å². The molecule has 0 saturated carbocycles. The fraction of sp³-hybridized carbons (Fsp3) is 0.200. The lowest BCUT2D eigenvalue weighted by Crippen LogP contribution is -1.99. The van der Waals surface area contributed by atoms with Gasteiger partial charge in [-0.25, -0.2) is 4.39 Å². The van der Waals surface area contributed by atoms with E-state index in [1.165, 1.54) is 6.07 Å². The number of methoxy groups -OCH3 is 2. The van der Waals surface area contributed by atoms with E-state index in [0.717, 1.165) is 15.6 Å². The van der Waals surface area contributed by atoms with Gasteiger partial charge in [0.05, 0.1) is 28.5 Å². The van der Waals surface area contributed by atoms with Crippen molar-refractivity contribution in [2.75, 3.05) is 14.2 Å². The average molecular weight is 439 g/mol. The molecule has 0 aliphatic carbocycles. The molecule has 112 valence electrons. The molecule has 0 aromatic heterocycles. The second kappa shape index (κ2) is 6.99. The summed E-state index contributed by atoms with van der Waals surface area (Å²) in [7, 11) is 3.18. The molecule has 0 bridgehead atoms. The van der Waals surface area contributed by atoms with Crippen LogP contribution in [0, 0.1) is 5.82 Å². The zero-order valence-corrected chi connectivity index (χ0v) is 15.2. The van der Waals surface area contributed by atoms with Gasteiger partial charge in [0, 0.05) is 5.56 Å². The van der Waals surface area contributed by atoms with E-state index >= 15 is 0 Å². The molecular formula is C15H12Br2ClFO2. The van der Waals surface area contributed by atoms with E-state index in [-0.39, 0.29) is 9.85 Å². The first-order chi connectivity index (χ1) is 9.97.